The number of aliphatic hydroxyl groups is 1. The Balaban J connectivity index is 2.59. The molecule has 1 unspecified atom stereocenters. The van der Waals surface area contributed by atoms with E-state index >= 15 is 0 Å². The Morgan fingerprint density at radius 1 is 1.65 bits per heavy atom. The maximum Gasteiger partial charge on any atom is 0.0765 e. The molecule has 0 amide bonds. The van der Waals surface area contributed by atoms with Crippen LogP contribution in [-0.2, 0) is 6.54 Å². The number of nitrogens with zero attached hydrogens (tertiary/aromatic N) is 3. The minimum Gasteiger partial charge on any atom is -0.395 e. The molecule has 1 aromatic heterocycles. The Morgan fingerprint density at radius 3 is 3.00 bits per heavy atom. The minimum absolute atomic E-state index is 0.167. The third kappa shape index (κ3) is 4.32. The third-order valence-corrected chi connectivity index (χ3v) is 2.90. The normalized spacial score (nSPS) is 12.9. The molecule has 0 saturated heterocycles. The summed E-state index contributed by atoms with van der Waals surface area (Å²) in [5, 5.41) is 13.5. The smallest absolute Gasteiger partial charge is 0.0765 e. The fourth-order valence-electron chi connectivity index (χ4n) is 1.68. The Morgan fingerprint density at radius 2 is 2.41 bits per heavy atom. The summed E-state index contributed by atoms with van der Waals surface area (Å²) in [4.78, 5) is 2.12. The van der Waals surface area contributed by atoms with Crippen LogP contribution in [0.25, 0.3) is 0 Å². The number of hydrogen-bond donors (Lipinski definition) is 1. The van der Waals surface area contributed by atoms with Crippen LogP contribution in [0.1, 0.15) is 32.0 Å². The van der Waals surface area contributed by atoms with Crippen molar-refractivity contribution in [2.45, 2.75) is 32.9 Å². The Hall–Kier alpha value is -1.13. The molecular weight excluding hydrogens is 214 g/mol. The van der Waals surface area contributed by atoms with Crippen LogP contribution in [0.4, 0.5) is 0 Å². The molecule has 1 heterocycles. The zero-order valence-electron chi connectivity index (χ0n) is 10.8. The van der Waals surface area contributed by atoms with Crippen molar-refractivity contribution < 1.29 is 5.11 Å². The lowest BCUT2D eigenvalue weighted by molar-refractivity contribution is 0.201. The molecular formula is C13H23N3O. The molecule has 0 aliphatic carbocycles. The van der Waals surface area contributed by atoms with Gasteiger partial charge >= 0.3 is 0 Å². The van der Waals surface area contributed by atoms with E-state index in [2.05, 4.69) is 30.4 Å². The molecule has 0 bridgehead atoms. The standard InChI is InChI=1S/C13H23N3O/c1-4-7-15(9-10-17)11-13-6-8-16(14-13)12(3)5-2/h4,6,8,12,17H,1,5,7,9-11H2,2-3H3. The van der Waals surface area contributed by atoms with Crippen molar-refractivity contribution in [3.63, 3.8) is 0 Å². The summed E-state index contributed by atoms with van der Waals surface area (Å²) in [5.74, 6) is 0. The predicted octanol–water partition coefficient (Wildman–Crippen LogP) is 1.83. The van der Waals surface area contributed by atoms with Crippen LogP contribution in [0.3, 0.4) is 0 Å². The van der Waals surface area contributed by atoms with Crippen molar-refractivity contribution in [2.24, 2.45) is 0 Å². The van der Waals surface area contributed by atoms with Gasteiger partial charge in [-0.15, -0.1) is 6.58 Å². The van der Waals surface area contributed by atoms with Crippen molar-refractivity contribution in [2.75, 3.05) is 19.7 Å². The summed E-state index contributed by atoms with van der Waals surface area (Å²) in [5.41, 5.74) is 1.04. The van der Waals surface area contributed by atoms with E-state index in [-0.39, 0.29) is 6.61 Å². The van der Waals surface area contributed by atoms with Crippen molar-refractivity contribution in [3.05, 3.63) is 30.6 Å². The molecule has 1 aromatic rings. The van der Waals surface area contributed by atoms with E-state index in [0.717, 1.165) is 25.2 Å². The topological polar surface area (TPSA) is 41.3 Å². The lowest BCUT2D eigenvalue weighted by Gasteiger charge is -2.17. The molecule has 96 valence electrons. The van der Waals surface area contributed by atoms with Crippen LogP contribution < -0.4 is 0 Å². The number of aromatic nitrogens is 2. The number of hydrogen-bond acceptors (Lipinski definition) is 3. The van der Waals surface area contributed by atoms with Gasteiger partial charge in [-0.1, -0.05) is 13.0 Å². The summed E-state index contributed by atoms with van der Waals surface area (Å²) in [6.45, 7) is 10.4. The molecule has 4 nitrogen and oxygen atoms in total. The van der Waals surface area contributed by atoms with Gasteiger partial charge in [-0.05, 0) is 19.4 Å². The molecule has 0 fully saturated rings. The quantitative estimate of drug-likeness (QED) is 0.701. The highest BCUT2D eigenvalue weighted by Crippen LogP contribution is 2.10. The first-order valence-corrected chi connectivity index (χ1v) is 6.19. The molecule has 0 radical (unpaired) electrons. The van der Waals surface area contributed by atoms with E-state index in [0.29, 0.717) is 12.6 Å². The van der Waals surface area contributed by atoms with Crippen molar-refractivity contribution in [1.29, 1.82) is 0 Å². The van der Waals surface area contributed by atoms with Gasteiger partial charge in [-0.2, -0.15) is 5.10 Å². The predicted molar refractivity (Wildman–Crippen MR) is 69.8 cm³/mol. The maximum atomic E-state index is 8.97. The lowest BCUT2D eigenvalue weighted by atomic mass is 10.3. The van der Waals surface area contributed by atoms with E-state index in [1.54, 1.807) is 0 Å². The van der Waals surface area contributed by atoms with Crippen LogP contribution in [-0.4, -0.2) is 39.5 Å². The first-order chi connectivity index (χ1) is 8.21. The van der Waals surface area contributed by atoms with E-state index in [4.69, 9.17) is 5.11 Å². The molecule has 0 aromatic carbocycles. The summed E-state index contributed by atoms with van der Waals surface area (Å²) in [7, 11) is 0. The molecule has 1 rings (SSSR count). The molecule has 0 spiro atoms. The molecule has 17 heavy (non-hydrogen) atoms. The van der Waals surface area contributed by atoms with Gasteiger partial charge in [0.15, 0.2) is 0 Å². The maximum absolute atomic E-state index is 8.97. The molecule has 4 heteroatoms. The Labute approximate surface area is 104 Å². The zero-order chi connectivity index (χ0) is 12.7. The van der Waals surface area contributed by atoms with Crippen molar-refractivity contribution in [1.82, 2.24) is 14.7 Å². The fraction of sp³-hybridized carbons (Fsp3) is 0.615. The summed E-state index contributed by atoms with van der Waals surface area (Å²) in [6.07, 6.45) is 4.95. The second-order valence-corrected chi connectivity index (χ2v) is 4.29. The van der Waals surface area contributed by atoms with Crippen molar-refractivity contribution >= 4 is 0 Å². The van der Waals surface area contributed by atoms with Gasteiger partial charge in [0.05, 0.1) is 12.3 Å². The highest BCUT2D eigenvalue weighted by molar-refractivity contribution is 5.00. The van der Waals surface area contributed by atoms with Gasteiger partial charge in [-0.25, -0.2) is 0 Å². The first-order valence-electron chi connectivity index (χ1n) is 6.19. The third-order valence-electron chi connectivity index (χ3n) is 2.90. The first kappa shape index (κ1) is 13.9. The van der Waals surface area contributed by atoms with Gasteiger partial charge in [0.25, 0.3) is 0 Å². The second-order valence-electron chi connectivity index (χ2n) is 4.29. The minimum atomic E-state index is 0.167. The lowest BCUT2D eigenvalue weighted by Crippen LogP contribution is -2.26. The molecule has 1 N–H and O–H groups in total. The van der Waals surface area contributed by atoms with Crippen LogP contribution in [0.2, 0.25) is 0 Å². The SMILES string of the molecule is C=CCN(CCO)Cc1ccn(C(C)CC)n1. The summed E-state index contributed by atoms with van der Waals surface area (Å²) >= 11 is 0. The van der Waals surface area contributed by atoms with Crippen LogP contribution in [0, 0.1) is 0 Å². The van der Waals surface area contributed by atoms with E-state index in [9.17, 15) is 0 Å². The molecule has 1 atom stereocenters. The van der Waals surface area contributed by atoms with Gasteiger partial charge in [-0.3, -0.25) is 9.58 Å². The average Bonchev–Trinajstić information content (AvgIpc) is 2.77. The summed E-state index contributed by atoms with van der Waals surface area (Å²) < 4.78 is 2.00. The molecule has 0 saturated carbocycles. The largest absolute Gasteiger partial charge is 0.395 e. The average molecular weight is 237 g/mol. The number of aliphatic hydroxyl groups excluding tert-OH is 1. The zero-order valence-corrected chi connectivity index (χ0v) is 10.8. The molecule has 0 aliphatic heterocycles. The highest BCUT2D eigenvalue weighted by Gasteiger charge is 2.08. The second kappa shape index (κ2) is 7.25. The highest BCUT2D eigenvalue weighted by atomic mass is 16.3. The van der Waals surface area contributed by atoms with Crippen LogP contribution in [0.15, 0.2) is 24.9 Å². The van der Waals surface area contributed by atoms with Gasteiger partial charge in [0.1, 0.15) is 0 Å². The monoisotopic (exact) mass is 237 g/mol. The van der Waals surface area contributed by atoms with Crippen LogP contribution in [0.5, 0.6) is 0 Å². The fourth-order valence-corrected chi connectivity index (χ4v) is 1.68. The van der Waals surface area contributed by atoms with Crippen LogP contribution >= 0.6 is 0 Å². The van der Waals surface area contributed by atoms with E-state index < -0.39 is 0 Å². The van der Waals surface area contributed by atoms with Crippen molar-refractivity contribution in [3.8, 4) is 0 Å². The van der Waals surface area contributed by atoms with Gasteiger partial charge < -0.3 is 5.11 Å². The van der Waals surface area contributed by atoms with Gasteiger partial charge in [0, 0.05) is 31.9 Å². The number of rotatable bonds is 8. The molecule has 0 aliphatic rings. The van der Waals surface area contributed by atoms with E-state index in [1.807, 2.05) is 23.0 Å². The van der Waals surface area contributed by atoms with Gasteiger partial charge in [0.2, 0.25) is 0 Å². The Bertz CT molecular complexity index is 335. The van der Waals surface area contributed by atoms with E-state index in [1.165, 1.54) is 0 Å². The Kier molecular flexibility index (Phi) is 5.94. The summed E-state index contributed by atoms with van der Waals surface area (Å²) in [6, 6.07) is 2.48.